The molecule has 3 aliphatic rings. The highest BCUT2D eigenvalue weighted by Crippen LogP contribution is 2.65. The smallest absolute Gasteiger partial charge is 0.123 e. The largest absolute Gasteiger partial charge is 0.507 e. The minimum Gasteiger partial charge on any atom is -0.507 e. The van der Waals surface area contributed by atoms with Crippen molar-refractivity contribution in [2.45, 2.75) is 64.2 Å². The molecular weight excluding hydrogens is 534 g/mol. The summed E-state index contributed by atoms with van der Waals surface area (Å²) in [6.07, 6.45) is 3.41. The van der Waals surface area contributed by atoms with Crippen LogP contribution in [0.2, 0.25) is 0 Å². The Kier molecular flexibility index (Phi) is 6.67. The Balaban J connectivity index is 1.42. The molecule has 0 amide bonds. The summed E-state index contributed by atoms with van der Waals surface area (Å²) in [5.74, 6) is 1.39. The average molecular weight is 578 g/mol. The van der Waals surface area contributed by atoms with Gasteiger partial charge in [0.15, 0.2) is 0 Å². The van der Waals surface area contributed by atoms with Gasteiger partial charge in [0.1, 0.15) is 5.75 Å². The molecule has 0 unspecified atom stereocenters. The van der Waals surface area contributed by atoms with Crippen molar-refractivity contribution in [2.75, 3.05) is 37.0 Å². The summed E-state index contributed by atoms with van der Waals surface area (Å²) in [5, 5.41) is 13.9. The van der Waals surface area contributed by atoms with E-state index in [2.05, 4.69) is 106 Å². The topological polar surface area (TPSA) is 32.7 Å². The normalized spacial score (nSPS) is 20.1. The van der Waals surface area contributed by atoms with Crippen LogP contribution in [0.4, 0.5) is 5.69 Å². The number of morpholine rings is 1. The van der Waals surface area contributed by atoms with Crippen molar-refractivity contribution in [2.24, 2.45) is 10.8 Å². The molecule has 0 bridgehead atoms. The van der Waals surface area contributed by atoms with Crippen molar-refractivity contribution in [3.8, 4) is 28.0 Å². The number of ether oxygens (including phenoxy) is 1. The maximum Gasteiger partial charge on any atom is 0.123 e. The second kappa shape index (κ2) is 10.1. The molecule has 0 atom stereocenters. The van der Waals surface area contributed by atoms with Crippen LogP contribution < -0.4 is 4.90 Å². The van der Waals surface area contributed by atoms with Gasteiger partial charge in [-0.15, -0.1) is 11.8 Å². The summed E-state index contributed by atoms with van der Waals surface area (Å²) < 4.78 is 5.55. The van der Waals surface area contributed by atoms with Gasteiger partial charge in [-0.2, -0.15) is 0 Å². The fourth-order valence-corrected chi connectivity index (χ4v) is 9.88. The van der Waals surface area contributed by atoms with Crippen molar-refractivity contribution < 1.29 is 9.84 Å². The molecule has 3 nitrogen and oxygen atoms in total. The van der Waals surface area contributed by atoms with Crippen LogP contribution in [0, 0.1) is 10.8 Å². The Labute approximate surface area is 255 Å². The second-order valence-corrected chi connectivity index (χ2v) is 15.6. The van der Waals surface area contributed by atoms with E-state index in [-0.39, 0.29) is 16.2 Å². The standard InChI is InChI=1S/C38H43NO2S/c1-6-42-34-20-30-29(19-28(34)25-11-13-26(14-12-25)39-15-17-41-18-16-39)33(40)21-32-35(30)27-9-7-8-10-31(27)38(32)23-36(2,3)22-37(4,5)24-38/h7-14,19-21,40H,6,15-18,22-24H2,1-5H3. The van der Waals surface area contributed by atoms with Crippen LogP contribution in [0.3, 0.4) is 0 Å². The van der Waals surface area contributed by atoms with Gasteiger partial charge in [-0.25, -0.2) is 0 Å². The summed E-state index contributed by atoms with van der Waals surface area (Å²) in [5.41, 5.74) is 9.41. The zero-order valence-electron chi connectivity index (χ0n) is 25.7. The molecule has 2 aliphatic carbocycles. The lowest BCUT2D eigenvalue weighted by molar-refractivity contribution is 0.0645. The molecule has 0 radical (unpaired) electrons. The van der Waals surface area contributed by atoms with E-state index in [9.17, 15) is 5.11 Å². The van der Waals surface area contributed by atoms with Crippen molar-refractivity contribution in [1.29, 1.82) is 0 Å². The summed E-state index contributed by atoms with van der Waals surface area (Å²) >= 11 is 1.89. The fourth-order valence-electron chi connectivity index (χ4n) is 9.03. The molecule has 2 fully saturated rings. The van der Waals surface area contributed by atoms with E-state index in [1.807, 2.05) is 11.8 Å². The number of fused-ring (bicyclic) bond motifs is 7. The lowest BCUT2D eigenvalue weighted by Crippen LogP contribution is -2.43. The van der Waals surface area contributed by atoms with Gasteiger partial charge in [-0.05, 0) is 105 Å². The van der Waals surface area contributed by atoms with Gasteiger partial charge in [0.05, 0.1) is 13.2 Å². The molecule has 1 saturated carbocycles. The van der Waals surface area contributed by atoms with E-state index in [4.69, 9.17) is 4.74 Å². The predicted octanol–water partition coefficient (Wildman–Crippen LogP) is 9.66. The van der Waals surface area contributed by atoms with Crippen LogP contribution >= 0.6 is 11.8 Å². The fraction of sp³-hybridized carbons (Fsp3) is 0.421. The molecule has 1 N–H and O–H groups in total. The van der Waals surface area contributed by atoms with Crippen molar-refractivity contribution >= 4 is 28.2 Å². The highest BCUT2D eigenvalue weighted by Gasteiger charge is 2.53. The first-order valence-electron chi connectivity index (χ1n) is 15.6. The molecule has 4 aromatic rings. The number of hydrogen-bond donors (Lipinski definition) is 1. The first kappa shape index (κ1) is 27.9. The number of rotatable bonds is 4. The summed E-state index contributed by atoms with van der Waals surface area (Å²) in [4.78, 5) is 3.67. The molecular formula is C38H43NO2S. The molecule has 42 heavy (non-hydrogen) atoms. The third kappa shape index (κ3) is 4.53. The quantitative estimate of drug-likeness (QED) is 0.245. The first-order chi connectivity index (χ1) is 20.1. The van der Waals surface area contributed by atoms with Crippen molar-refractivity contribution in [3.05, 3.63) is 77.9 Å². The lowest BCUT2D eigenvalue weighted by atomic mass is 9.52. The van der Waals surface area contributed by atoms with Gasteiger partial charge in [0.2, 0.25) is 0 Å². The summed E-state index contributed by atoms with van der Waals surface area (Å²) in [6, 6.07) is 24.8. The molecule has 1 heterocycles. The number of nitrogens with zero attached hydrogens (tertiary/aromatic N) is 1. The van der Waals surface area contributed by atoms with Gasteiger partial charge in [0.25, 0.3) is 0 Å². The number of hydrogen-bond acceptors (Lipinski definition) is 4. The minimum absolute atomic E-state index is 0.0884. The molecule has 7 rings (SSSR count). The second-order valence-electron chi connectivity index (χ2n) is 14.3. The number of anilines is 1. The van der Waals surface area contributed by atoms with Crippen LogP contribution in [0.5, 0.6) is 5.75 Å². The maximum atomic E-state index is 11.8. The number of phenols is 1. The highest BCUT2D eigenvalue weighted by atomic mass is 32.2. The molecule has 4 aromatic carbocycles. The number of aromatic hydroxyl groups is 1. The lowest BCUT2D eigenvalue weighted by Gasteiger charge is -2.51. The van der Waals surface area contributed by atoms with Crippen LogP contribution in [-0.4, -0.2) is 37.2 Å². The summed E-state index contributed by atoms with van der Waals surface area (Å²) in [6.45, 7) is 15.4. The highest BCUT2D eigenvalue weighted by molar-refractivity contribution is 7.99. The summed E-state index contributed by atoms with van der Waals surface area (Å²) in [7, 11) is 0. The average Bonchev–Trinajstić information content (AvgIpc) is 3.20. The molecule has 4 heteroatoms. The van der Waals surface area contributed by atoms with Gasteiger partial charge in [-0.3, -0.25) is 0 Å². The predicted molar refractivity (Wildman–Crippen MR) is 178 cm³/mol. The Morgan fingerprint density at radius 1 is 0.786 bits per heavy atom. The van der Waals surface area contributed by atoms with Crippen LogP contribution in [-0.2, 0) is 10.2 Å². The van der Waals surface area contributed by atoms with Crippen molar-refractivity contribution in [1.82, 2.24) is 0 Å². The van der Waals surface area contributed by atoms with E-state index in [0.717, 1.165) is 50.3 Å². The molecule has 0 aromatic heterocycles. The Morgan fingerprint density at radius 2 is 1.48 bits per heavy atom. The number of benzene rings is 4. The van der Waals surface area contributed by atoms with Crippen LogP contribution in [0.1, 0.15) is 65.0 Å². The van der Waals surface area contributed by atoms with Gasteiger partial charge in [-0.1, -0.05) is 71.0 Å². The Bertz CT molecular complexity index is 1650. The minimum atomic E-state index is -0.0884. The Hall–Kier alpha value is -2.95. The molecule has 218 valence electrons. The number of phenolic OH excluding ortho intramolecular Hbond substituents is 1. The van der Waals surface area contributed by atoms with Crippen molar-refractivity contribution in [3.63, 3.8) is 0 Å². The van der Waals surface area contributed by atoms with E-state index in [1.165, 1.54) is 55.8 Å². The SMILES string of the molecule is CCSc1cc2c3c(cc(O)c2cc1-c1ccc(N2CCOCC2)cc1)C1(CC(C)(C)CC(C)(C)C1)c1ccccc1-3. The van der Waals surface area contributed by atoms with Gasteiger partial charge >= 0.3 is 0 Å². The third-order valence-electron chi connectivity index (χ3n) is 9.82. The molecule has 1 spiro atoms. The monoisotopic (exact) mass is 577 g/mol. The van der Waals surface area contributed by atoms with Crippen LogP contribution in [0.25, 0.3) is 33.0 Å². The first-order valence-corrected chi connectivity index (χ1v) is 16.6. The molecule has 1 saturated heterocycles. The van der Waals surface area contributed by atoms with Gasteiger partial charge in [0, 0.05) is 34.5 Å². The van der Waals surface area contributed by atoms with Gasteiger partial charge < -0.3 is 14.7 Å². The zero-order chi connectivity index (χ0) is 29.3. The Morgan fingerprint density at radius 3 is 2.17 bits per heavy atom. The van der Waals surface area contributed by atoms with Crippen LogP contribution in [0.15, 0.2) is 71.6 Å². The van der Waals surface area contributed by atoms with E-state index in [1.54, 1.807) is 0 Å². The van der Waals surface area contributed by atoms with E-state index < -0.39 is 0 Å². The number of thioether (sulfide) groups is 1. The third-order valence-corrected chi connectivity index (χ3v) is 10.8. The molecule has 1 aliphatic heterocycles. The zero-order valence-corrected chi connectivity index (χ0v) is 26.5. The van der Waals surface area contributed by atoms with E-state index in [0.29, 0.717) is 5.75 Å². The maximum absolute atomic E-state index is 11.8. The van der Waals surface area contributed by atoms with E-state index >= 15 is 0 Å².